The Kier molecular flexibility index (Phi) is 4.55. The van der Waals surface area contributed by atoms with Crippen LogP contribution in [0.25, 0.3) is 0 Å². The number of cyclic esters (lactones) is 1. The Morgan fingerprint density at radius 3 is 2.68 bits per heavy atom. The first-order chi connectivity index (χ1) is 9.18. The number of imide groups is 1. The molecule has 1 aromatic rings. The van der Waals surface area contributed by atoms with Crippen molar-refractivity contribution < 1.29 is 14.3 Å². The number of nitrogens with zero attached hydrogens (tertiary/aromatic N) is 1. The Hall–Kier alpha value is -1.84. The summed E-state index contributed by atoms with van der Waals surface area (Å²) in [6.07, 6.45) is 2.62. The molecule has 0 saturated carbocycles. The largest absolute Gasteiger partial charge is 0.447 e. The number of benzene rings is 1. The summed E-state index contributed by atoms with van der Waals surface area (Å²) in [7, 11) is 0. The molecule has 2 rings (SSSR count). The molecule has 0 bridgehead atoms. The van der Waals surface area contributed by atoms with E-state index in [9.17, 15) is 9.59 Å². The van der Waals surface area contributed by atoms with E-state index in [2.05, 4.69) is 12.1 Å². The summed E-state index contributed by atoms with van der Waals surface area (Å²) in [5, 5.41) is 0. The first-order valence-corrected chi connectivity index (χ1v) is 6.71. The van der Waals surface area contributed by atoms with Crippen molar-refractivity contribution in [3.05, 3.63) is 35.9 Å². The Bertz CT molecular complexity index is 444. The van der Waals surface area contributed by atoms with E-state index in [0.29, 0.717) is 13.0 Å². The Balaban J connectivity index is 1.71. The fourth-order valence-electron chi connectivity index (χ4n) is 2.23. The molecular weight excluding hydrogens is 242 g/mol. The van der Waals surface area contributed by atoms with Crippen LogP contribution in [0.2, 0.25) is 0 Å². The van der Waals surface area contributed by atoms with Crippen LogP contribution in [0.1, 0.15) is 31.7 Å². The van der Waals surface area contributed by atoms with E-state index >= 15 is 0 Å². The second-order valence-corrected chi connectivity index (χ2v) is 4.88. The van der Waals surface area contributed by atoms with Gasteiger partial charge in [0.2, 0.25) is 5.91 Å². The van der Waals surface area contributed by atoms with Gasteiger partial charge in [-0.05, 0) is 31.7 Å². The lowest BCUT2D eigenvalue weighted by Crippen LogP contribution is -2.37. The van der Waals surface area contributed by atoms with Gasteiger partial charge in [-0.15, -0.1) is 0 Å². The predicted molar refractivity (Wildman–Crippen MR) is 71.7 cm³/mol. The van der Waals surface area contributed by atoms with Crippen molar-refractivity contribution in [2.45, 2.75) is 38.6 Å². The van der Waals surface area contributed by atoms with Crippen molar-refractivity contribution in [2.75, 3.05) is 6.61 Å². The van der Waals surface area contributed by atoms with Gasteiger partial charge in [-0.25, -0.2) is 9.69 Å². The van der Waals surface area contributed by atoms with E-state index in [1.807, 2.05) is 25.1 Å². The zero-order chi connectivity index (χ0) is 13.7. The highest BCUT2D eigenvalue weighted by Crippen LogP contribution is 2.15. The van der Waals surface area contributed by atoms with Gasteiger partial charge < -0.3 is 4.74 Å². The molecule has 1 atom stereocenters. The van der Waals surface area contributed by atoms with E-state index in [1.165, 1.54) is 10.5 Å². The molecule has 4 nitrogen and oxygen atoms in total. The van der Waals surface area contributed by atoms with Gasteiger partial charge in [-0.1, -0.05) is 30.3 Å². The van der Waals surface area contributed by atoms with E-state index in [4.69, 9.17) is 4.74 Å². The number of carbonyl (C=O) groups is 2. The van der Waals surface area contributed by atoms with Gasteiger partial charge in [0.25, 0.3) is 0 Å². The monoisotopic (exact) mass is 261 g/mol. The summed E-state index contributed by atoms with van der Waals surface area (Å²) in [6, 6.07) is 10.1. The number of hydrogen-bond acceptors (Lipinski definition) is 3. The third-order valence-corrected chi connectivity index (χ3v) is 3.30. The standard InChI is InChI=1S/C15H19NO3/c1-12-11-19-15(18)16(12)14(17)10-6-5-9-13-7-3-2-4-8-13/h2-4,7-8,12H,5-6,9-11H2,1H3. The summed E-state index contributed by atoms with van der Waals surface area (Å²) in [5.41, 5.74) is 1.28. The van der Waals surface area contributed by atoms with Crippen LogP contribution in [0.4, 0.5) is 4.79 Å². The molecule has 1 aliphatic heterocycles. The summed E-state index contributed by atoms with van der Waals surface area (Å²) >= 11 is 0. The van der Waals surface area contributed by atoms with Crippen LogP contribution in [0.5, 0.6) is 0 Å². The number of carbonyl (C=O) groups excluding carboxylic acids is 2. The van der Waals surface area contributed by atoms with Gasteiger partial charge >= 0.3 is 6.09 Å². The zero-order valence-corrected chi connectivity index (χ0v) is 11.2. The Morgan fingerprint density at radius 2 is 2.05 bits per heavy atom. The average Bonchev–Trinajstić information content (AvgIpc) is 2.75. The molecule has 0 aromatic heterocycles. The maximum absolute atomic E-state index is 11.9. The second kappa shape index (κ2) is 6.36. The van der Waals surface area contributed by atoms with Crippen molar-refractivity contribution in [3.63, 3.8) is 0 Å². The van der Waals surface area contributed by atoms with Gasteiger partial charge in [0, 0.05) is 6.42 Å². The molecule has 0 spiro atoms. The van der Waals surface area contributed by atoms with Crippen LogP contribution in [0.15, 0.2) is 30.3 Å². The topological polar surface area (TPSA) is 46.6 Å². The molecule has 2 amide bonds. The van der Waals surface area contributed by atoms with Crippen LogP contribution in [0, 0.1) is 0 Å². The zero-order valence-electron chi connectivity index (χ0n) is 11.2. The van der Waals surface area contributed by atoms with Crippen LogP contribution in [-0.4, -0.2) is 29.5 Å². The summed E-state index contributed by atoms with van der Waals surface area (Å²) in [5.74, 6) is -0.122. The second-order valence-electron chi connectivity index (χ2n) is 4.88. The lowest BCUT2D eigenvalue weighted by molar-refractivity contribution is -0.129. The van der Waals surface area contributed by atoms with E-state index < -0.39 is 6.09 Å². The smallest absolute Gasteiger partial charge is 0.416 e. The van der Waals surface area contributed by atoms with Crippen molar-refractivity contribution in [3.8, 4) is 0 Å². The molecule has 0 radical (unpaired) electrons. The molecule has 1 aliphatic rings. The normalized spacial score (nSPS) is 18.5. The predicted octanol–water partition coefficient (Wildman–Crippen LogP) is 2.77. The molecule has 1 heterocycles. The summed E-state index contributed by atoms with van der Waals surface area (Å²) in [6.45, 7) is 2.14. The molecule has 102 valence electrons. The van der Waals surface area contributed by atoms with Crippen LogP contribution >= 0.6 is 0 Å². The minimum absolute atomic E-state index is 0.122. The highest BCUT2D eigenvalue weighted by Gasteiger charge is 2.34. The molecule has 0 aliphatic carbocycles. The highest BCUT2D eigenvalue weighted by molar-refractivity contribution is 5.93. The lowest BCUT2D eigenvalue weighted by atomic mass is 10.1. The van der Waals surface area contributed by atoms with E-state index in [-0.39, 0.29) is 11.9 Å². The van der Waals surface area contributed by atoms with Crippen molar-refractivity contribution >= 4 is 12.0 Å². The van der Waals surface area contributed by atoms with Gasteiger partial charge in [-0.2, -0.15) is 0 Å². The molecule has 1 aromatic carbocycles. The van der Waals surface area contributed by atoms with Gasteiger partial charge in [0.15, 0.2) is 0 Å². The van der Waals surface area contributed by atoms with Crippen LogP contribution in [-0.2, 0) is 16.0 Å². The molecule has 1 saturated heterocycles. The third kappa shape index (κ3) is 3.56. The van der Waals surface area contributed by atoms with Crippen molar-refractivity contribution in [2.24, 2.45) is 0 Å². The molecule has 0 N–H and O–H groups in total. The minimum Gasteiger partial charge on any atom is -0.447 e. The first kappa shape index (κ1) is 13.6. The summed E-state index contributed by atoms with van der Waals surface area (Å²) in [4.78, 5) is 24.5. The SMILES string of the molecule is CC1COC(=O)N1C(=O)CCCCc1ccccc1. The molecule has 19 heavy (non-hydrogen) atoms. The fourth-order valence-corrected chi connectivity index (χ4v) is 2.23. The lowest BCUT2D eigenvalue weighted by Gasteiger charge is -2.15. The average molecular weight is 261 g/mol. The number of hydrogen-bond donors (Lipinski definition) is 0. The van der Waals surface area contributed by atoms with Crippen LogP contribution in [0.3, 0.4) is 0 Å². The Morgan fingerprint density at radius 1 is 1.32 bits per heavy atom. The number of amides is 2. The number of ether oxygens (including phenoxy) is 1. The number of aryl methyl sites for hydroxylation is 1. The number of rotatable bonds is 5. The quantitative estimate of drug-likeness (QED) is 0.766. The van der Waals surface area contributed by atoms with Crippen molar-refractivity contribution in [1.82, 2.24) is 4.90 Å². The highest BCUT2D eigenvalue weighted by atomic mass is 16.6. The molecule has 1 unspecified atom stereocenters. The Labute approximate surface area is 113 Å². The van der Waals surface area contributed by atoms with E-state index in [0.717, 1.165) is 19.3 Å². The first-order valence-electron chi connectivity index (χ1n) is 6.71. The van der Waals surface area contributed by atoms with Crippen molar-refractivity contribution in [1.29, 1.82) is 0 Å². The molecule has 1 fully saturated rings. The van der Waals surface area contributed by atoms with Gasteiger partial charge in [0.05, 0.1) is 6.04 Å². The maximum Gasteiger partial charge on any atom is 0.416 e. The number of unbranched alkanes of at least 4 members (excludes halogenated alkanes) is 1. The minimum atomic E-state index is -0.499. The summed E-state index contributed by atoms with van der Waals surface area (Å²) < 4.78 is 4.84. The maximum atomic E-state index is 11.9. The third-order valence-electron chi connectivity index (χ3n) is 3.30. The fraction of sp³-hybridized carbons (Fsp3) is 0.467. The van der Waals surface area contributed by atoms with Gasteiger partial charge in [0.1, 0.15) is 6.61 Å². The molecule has 4 heteroatoms. The van der Waals surface area contributed by atoms with E-state index in [1.54, 1.807) is 0 Å². The molecular formula is C15H19NO3. The van der Waals surface area contributed by atoms with Crippen LogP contribution < -0.4 is 0 Å². The van der Waals surface area contributed by atoms with Gasteiger partial charge in [-0.3, -0.25) is 4.79 Å².